The van der Waals surface area contributed by atoms with Crippen LogP contribution >= 0.6 is 0 Å². The van der Waals surface area contributed by atoms with Crippen molar-refractivity contribution in [2.75, 3.05) is 6.61 Å². The lowest BCUT2D eigenvalue weighted by atomic mass is 10.1. The van der Waals surface area contributed by atoms with E-state index in [1.54, 1.807) is 17.1 Å². The topological polar surface area (TPSA) is 64.3 Å². The Labute approximate surface area is 101 Å². The van der Waals surface area contributed by atoms with E-state index in [-0.39, 0.29) is 12.4 Å². The van der Waals surface area contributed by atoms with Gasteiger partial charge in [-0.2, -0.15) is 5.10 Å². The molecule has 0 spiro atoms. The fraction of sp³-hybridized carbons (Fsp3) is 0.667. The summed E-state index contributed by atoms with van der Waals surface area (Å²) in [6.07, 6.45) is 4.20. The molecule has 5 heteroatoms. The van der Waals surface area contributed by atoms with Crippen LogP contribution in [0.3, 0.4) is 0 Å². The number of nitrogens with zero attached hydrogens (tertiary/aromatic N) is 2. The van der Waals surface area contributed by atoms with Crippen molar-refractivity contribution in [3.8, 4) is 0 Å². The summed E-state index contributed by atoms with van der Waals surface area (Å²) in [5, 5.41) is 13.9. The molecule has 0 aliphatic rings. The van der Waals surface area contributed by atoms with Crippen LogP contribution in [0.25, 0.3) is 0 Å². The number of carbonyl (C=O) groups excluding carboxylic acids is 1. The highest BCUT2D eigenvalue weighted by atomic mass is 16.5. The van der Waals surface area contributed by atoms with Crippen molar-refractivity contribution in [1.82, 2.24) is 9.78 Å². The number of hydrogen-bond donors (Lipinski definition) is 1. The minimum absolute atomic E-state index is 0.235. The molecule has 0 aromatic carbocycles. The van der Waals surface area contributed by atoms with E-state index < -0.39 is 6.10 Å². The van der Waals surface area contributed by atoms with Crippen molar-refractivity contribution < 1.29 is 14.6 Å². The molecule has 17 heavy (non-hydrogen) atoms. The molecule has 0 amide bonds. The monoisotopic (exact) mass is 240 g/mol. The lowest BCUT2D eigenvalue weighted by Crippen LogP contribution is -2.07. The Morgan fingerprint density at radius 1 is 1.59 bits per heavy atom. The summed E-state index contributed by atoms with van der Waals surface area (Å²) in [6.45, 7) is 5.14. The summed E-state index contributed by atoms with van der Waals surface area (Å²) < 4.78 is 6.68. The molecular formula is C12H20N2O3. The Morgan fingerprint density at radius 2 is 2.35 bits per heavy atom. The first kappa shape index (κ1) is 13.7. The molecule has 96 valence electrons. The second-order valence-corrected chi connectivity index (χ2v) is 3.90. The van der Waals surface area contributed by atoms with Gasteiger partial charge in [0.15, 0.2) is 0 Å². The average molecular weight is 240 g/mol. The predicted molar refractivity (Wildman–Crippen MR) is 63.3 cm³/mol. The highest BCUT2D eigenvalue weighted by Crippen LogP contribution is 2.17. The number of aryl methyl sites for hydroxylation is 1. The zero-order valence-corrected chi connectivity index (χ0v) is 10.4. The Kier molecular flexibility index (Phi) is 5.69. The first-order chi connectivity index (χ1) is 8.17. The van der Waals surface area contributed by atoms with Crippen molar-refractivity contribution in [3.05, 3.63) is 18.0 Å². The van der Waals surface area contributed by atoms with Crippen molar-refractivity contribution in [3.63, 3.8) is 0 Å². The van der Waals surface area contributed by atoms with Crippen LogP contribution in [0.4, 0.5) is 0 Å². The first-order valence-corrected chi connectivity index (χ1v) is 6.03. The van der Waals surface area contributed by atoms with Crippen LogP contribution in [0, 0.1) is 0 Å². The quantitative estimate of drug-likeness (QED) is 0.736. The van der Waals surface area contributed by atoms with Gasteiger partial charge in [-0.3, -0.25) is 9.48 Å². The molecule has 1 aromatic heterocycles. The van der Waals surface area contributed by atoms with E-state index in [1.165, 1.54) is 0 Å². The molecule has 0 saturated carbocycles. The maximum absolute atomic E-state index is 11.2. The number of aliphatic hydroxyl groups excluding tert-OH is 1. The minimum Gasteiger partial charge on any atom is -0.466 e. The molecule has 0 saturated heterocycles. The summed E-state index contributed by atoms with van der Waals surface area (Å²) in [4.78, 5) is 11.2. The summed E-state index contributed by atoms with van der Waals surface area (Å²) in [6, 6.07) is 0. The SMILES string of the molecule is CCCOC(=O)CCC(O)c1cnn(CC)c1. The molecule has 5 nitrogen and oxygen atoms in total. The summed E-state index contributed by atoms with van der Waals surface area (Å²) in [5.74, 6) is -0.256. The van der Waals surface area contributed by atoms with Crippen molar-refractivity contribution in [2.24, 2.45) is 0 Å². The molecular weight excluding hydrogens is 220 g/mol. The number of rotatable bonds is 7. The molecule has 1 rings (SSSR count). The second-order valence-electron chi connectivity index (χ2n) is 3.90. The van der Waals surface area contributed by atoms with Crippen molar-refractivity contribution in [1.29, 1.82) is 0 Å². The van der Waals surface area contributed by atoms with Gasteiger partial charge in [0.05, 0.1) is 18.9 Å². The molecule has 0 aliphatic heterocycles. The Bertz CT molecular complexity index is 349. The standard InChI is InChI=1S/C12H20N2O3/c1-3-7-17-12(16)6-5-11(15)10-8-13-14(4-2)9-10/h8-9,11,15H,3-7H2,1-2H3. The number of carbonyl (C=O) groups is 1. The van der Waals surface area contributed by atoms with E-state index in [2.05, 4.69) is 5.10 Å². The van der Waals surface area contributed by atoms with Gasteiger partial charge in [0.2, 0.25) is 0 Å². The van der Waals surface area contributed by atoms with Crippen LogP contribution < -0.4 is 0 Å². The molecule has 1 aromatic rings. The zero-order valence-electron chi connectivity index (χ0n) is 10.4. The van der Waals surface area contributed by atoms with Crippen LogP contribution in [-0.4, -0.2) is 27.5 Å². The van der Waals surface area contributed by atoms with Crippen LogP contribution in [0.1, 0.15) is 44.8 Å². The predicted octanol–water partition coefficient (Wildman–Crippen LogP) is 1.67. The lowest BCUT2D eigenvalue weighted by molar-refractivity contribution is -0.144. The van der Waals surface area contributed by atoms with Gasteiger partial charge < -0.3 is 9.84 Å². The van der Waals surface area contributed by atoms with E-state index in [0.717, 1.165) is 18.5 Å². The van der Waals surface area contributed by atoms with E-state index in [9.17, 15) is 9.90 Å². The fourth-order valence-electron chi connectivity index (χ4n) is 1.43. The van der Waals surface area contributed by atoms with Crippen molar-refractivity contribution in [2.45, 2.75) is 45.8 Å². The number of hydrogen-bond acceptors (Lipinski definition) is 4. The van der Waals surface area contributed by atoms with Crippen LogP contribution in [0.15, 0.2) is 12.4 Å². The molecule has 1 unspecified atom stereocenters. The number of aliphatic hydroxyl groups is 1. The Balaban J connectivity index is 2.33. The molecule has 0 aliphatic carbocycles. The van der Waals surface area contributed by atoms with E-state index in [0.29, 0.717) is 13.0 Å². The summed E-state index contributed by atoms with van der Waals surface area (Å²) in [7, 11) is 0. The number of ether oxygens (including phenoxy) is 1. The normalized spacial score (nSPS) is 12.4. The van der Waals surface area contributed by atoms with E-state index in [1.807, 2.05) is 13.8 Å². The third-order valence-electron chi connectivity index (χ3n) is 2.45. The molecule has 1 heterocycles. The van der Waals surface area contributed by atoms with Gasteiger partial charge in [-0.15, -0.1) is 0 Å². The smallest absolute Gasteiger partial charge is 0.305 e. The van der Waals surface area contributed by atoms with E-state index >= 15 is 0 Å². The van der Waals surface area contributed by atoms with Gasteiger partial charge in [-0.25, -0.2) is 0 Å². The van der Waals surface area contributed by atoms with E-state index in [4.69, 9.17) is 4.74 Å². The van der Waals surface area contributed by atoms with Gasteiger partial charge >= 0.3 is 5.97 Å². The largest absolute Gasteiger partial charge is 0.466 e. The molecule has 1 N–H and O–H groups in total. The van der Waals surface area contributed by atoms with Gasteiger partial charge in [0.25, 0.3) is 0 Å². The maximum Gasteiger partial charge on any atom is 0.305 e. The number of esters is 1. The summed E-state index contributed by atoms with van der Waals surface area (Å²) >= 11 is 0. The second kappa shape index (κ2) is 7.06. The average Bonchev–Trinajstić information content (AvgIpc) is 2.82. The van der Waals surface area contributed by atoms with Crippen molar-refractivity contribution >= 4 is 5.97 Å². The first-order valence-electron chi connectivity index (χ1n) is 6.03. The van der Waals surface area contributed by atoms with Crippen LogP contribution in [-0.2, 0) is 16.1 Å². The summed E-state index contributed by atoms with van der Waals surface area (Å²) in [5.41, 5.74) is 0.746. The Morgan fingerprint density at radius 3 is 2.94 bits per heavy atom. The third-order valence-corrected chi connectivity index (χ3v) is 2.45. The van der Waals surface area contributed by atoms with Gasteiger partial charge in [-0.1, -0.05) is 6.92 Å². The fourth-order valence-corrected chi connectivity index (χ4v) is 1.43. The zero-order chi connectivity index (χ0) is 12.7. The van der Waals surface area contributed by atoms with Gasteiger partial charge in [-0.05, 0) is 19.8 Å². The number of aromatic nitrogens is 2. The Hall–Kier alpha value is -1.36. The molecule has 0 fully saturated rings. The highest BCUT2D eigenvalue weighted by molar-refractivity contribution is 5.69. The lowest BCUT2D eigenvalue weighted by Gasteiger charge is -2.07. The minimum atomic E-state index is -0.649. The molecule has 0 radical (unpaired) electrons. The molecule has 0 bridgehead atoms. The van der Waals surface area contributed by atoms with Gasteiger partial charge in [0.1, 0.15) is 0 Å². The van der Waals surface area contributed by atoms with Gasteiger partial charge in [0, 0.05) is 24.7 Å². The highest BCUT2D eigenvalue weighted by Gasteiger charge is 2.12. The maximum atomic E-state index is 11.2. The van der Waals surface area contributed by atoms with Crippen LogP contribution in [0.5, 0.6) is 0 Å². The molecule has 1 atom stereocenters. The third kappa shape index (κ3) is 4.56. The van der Waals surface area contributed by atoms with Crippen LogP contribution in [0.2, 0.25) is 0 Å².